The number of likely N-dealkylation sites (N-methyl/N-ethyl adjacent to an activating group) is 1. The molecule has 1 aliphatic heterocycles. The van der Waals surface area contributed by atoms with Crippen molar-refractivity contribution in [2.75, 3.05) is 19.3 Å². The number of pyridine rings is 1. The van der Waals surface area contributed by atoms with Crippen LogP contribution in [0.4, 0.5) is 5.82 Å². The zero-order valence-electron chi connectivity index (χ0n) is 7.94. The summed E-state index contributed by atoms with van der Waals surface area (Å²) < 4.78 is 0.968. The van der Waals surface area contributed by atoms with Crippen LogP contribution in [-0.2, 0) is 0 Å². The van der Waals surface area contributed by atoms with Crippen LogP contribution >= 0.6 is 15.9 Å². The second-order valence-electron chi connectivity index (χ2n) is 3.44. The maximum absolute atomic E-state index is 5.84. The average molecular weight is 254 g/mol. The predicted octanol–water partition coefficient (Wildman–Crippen LogP) is 1.97. The summed E-state index contributed by atoms with van der Waals surface area (Å²) in [5, 5.41) is 0. The number of nitrogens with zero attached hydrogens (tertiary/aromatic N) is 2. The van der Waals surface area contributed by atoms with Gasteiger partial charge in [-0.1, -0.05) is 12.2 Å². The molecule has 1 atom stereocenters. The molecule has 0 saturated carbocycles. The minimum atomic E-state index is 0.264. The fourth-order valence-electron chi connectivity index (χ4n) is 1.66. The Morgan fingerprint density at radius 2 is 2.43 bits per heavy atom. The molecule has 0 aromatic carbocycles. The third-order valence-corrected chi connectivity index (χ3v) is 2.86. The molecule has 2 heterocycles. The Balaban J connectivity index is 2.40. The third-order valence-electron chi connectivity index (χ3n) is 2.42. The van der Waals surface area contributed by atoms with Gasteiger partial charge in [0.15, 0.2) is 0 Å². The van der Waals surface area contributed by atoms with Crippen molar-refractivity contribution >= 4 is 21.7 Å². The Hall–Kier alpha value is -0.870. The van der Waals surface area contributed by atoms with Gasteiger partial charge in [0.25, 0.3) is 0 Å². The van der Waals surface area contributed by atoms with Crippen molar-refractivity contribution in [2.45, 2.75) is 6.04 Å². The molecule has 0 aliphatic carbocycles. The van der Waals surface area contributed by atoms with Crippen molar-refractivity contribution in [1.29, 1.82) is 0 Å². The monoisotopic (exact) mass is 253 g/mol. The maximum atomic E-state index is 5.84. The Labute approximate surface area is 91.7 Å². The number of hydrogen-bond donors (Lipinski definition) is 1. The number of halogens is 1. The first-order valence-electron chi connectivity index (χ1n) is 4.46. The molecule has 1 aliphatic rings. The minimum absolute atomic E-state index is 0.264. The molecule has 0 saturated heterocycles. The summed E-state index contributed by atoms with van der Waals surface area (Å²) in [6, 6.07) is 2.29. The van der Waals surface area contributed by atoms with Gasteiger partial charge in [0.1, 0.15) is 5.82 Å². The van der Waals surface area contributed by atoms with Crippen molar-refractivity contribution in [2.24, 2.45) is 0 Å². The summed E-state index contributed by atoms with van der Waals surface area (Å²) in [4.78, 5) is 6.35. The van der Waals surface area contributed by atoms with Crippen LogP contribution in [0.2, 0.25) is 0 Å². The molecule has 1 aromatic heterocycles. The van der Waals surface area contributed by atoms with Gasteiger partial charge >= 0.3 is 0 Å². The summed E-state index contributed by atoms with van der Waals surface area (Å²) in [5.74, 6) is 0.608. The van der Waals surface area contributed by atoms with Crippen molar-refractivity contribution < 1.29 is 0 Å². The topological polar surface area (TPSA) is 42.2 Å². The lowest BCUT2D eigenvalue weighted by molar-refractivity contribution is 0.340. The van der Waals surface area contributed by atoms with Crippen molar-refractivity contribution in [3.63, 3.8) is 0 Å². The van der Waals surface area contributed by atoms with E-state index in [1.165, 1.54) is 0 Å². The quantitative estimate of drug-likeness (QED) is 0.779. The highest BCUT2D eigenvalue weighted by atomic mass is 79.9. The second-order valence-corrected chi connectivity index (χ2v) is 4.36. The molecular weight excluding hydrogens is 242 g/mol. The highest BCUT2D eigenvalue weighted by molar-refractivity contribution is 9.10. The van der Waals surface area contributed by atoms with Crippen molar-refractivity contribution in [3.05, 3.63) is 34.5 Å². The zero-order chi connectivity index (χ0) is 10.1. The molecule has 0 spiro atoms. The van der Waals surface area contributed by atoms with E-state index in [1.807, 2.05) is 6.07 Å². The van der Waals surface area contributed by atoms with Crippen LogP contribution in [0.1, 0.15) is 11.6 Å². The highest BCUT2D eigenvalue weighted by Gasteiger charge is 2.20. The van der Waals surface area contributed by atoms with Gasteiger partial charge in [0.2, 0.25) is 0 Å². The van der Waals surface area contributed by atoms with Gasteiger partial charge in [0.05, 0.1) is 6.04 Å². The van der Waals surface area contributed by atoms with Crippen LogP contribution in [0.25, 0.3) is 0 Å². The lowest BCUT2D eigenvalue weighted by Gasteiger charge is -2.20. The normalized spacial score (nSPS) is 21.7. The standard InChI is InChI=1S/C10H12BrN3/c1-14-4-2-3-9(14)8-5-7(11)6-13-10(8)12/h2-3,5-6,9H,4H2,1H3,(H2,12,13). The molecule has 0 bridgehead atoms. The van der Waals surface area contributed by atoms with E-state index >= 15 is 0 Å². The molecule has 0 radical (unpaired) electrons. The second kappa shape index (κ2) is 3.71. The van der Waals surface area contributed by atoms with E-state index in [4.69, 9.17) is 5.73 Å². The molecule has 14 heavy (non-hydrogen) atoms. The predicted molar refractivity (Wildman–Crippen MR) is 60.9 cm³/mol. The van der Waals surface area contributed by atoms with Crippen molar-refractivity contribution in [3.8, 4) is 0 Å². The van der Waals surface area contributed by atoms with Crippen LogP contribution in [0.3, 0.4) is 0 Å². The smallest absolute Gasteiger partial charge is 0.128 e. The number of hydrogen-bond acceptors (Lipinski definition) is 3. The summed E-state index contributed by atoms with van der Waals surface area (Å²) in [6.45, 7) is 0.969. The fourth-order valence-corrected chi connectivity index (χ4v) is 2.01. The van der Waals surface area contributed by atoms with Crippen LogP contribution < -0.4 is 5.73 Å². The SMILES string of the molecule is CN1CC=CC1c1cc(Br)cnc1N. The van der Waals surface area contributed by atoms with Crippen LogP contribution in [0.15, 0.2) is 28.9 Å². The summed E-state index contributed by atoms with van der Waals surface area (Å²) in [7, 11) is 2.07. The van der Waals surface area contributed by atoms with Crippen LogP contribution in [0.5, 0.6) is 0 Å². The van der Waals surface area contributed by atoms with E-state index in [0.29, 0.717) is 5.82 Å². The van der Waals surface area contributed by atoms with Gasteiger partial charge in [-0.2, -0.15) is 0 Å². The van der Waals surface area contributed by atoms with Gasteiger partial charge in [-0.3, -0.25) is 4.90 Å². The molecule has 3 nitrogen and oxygen atoms in total. The molecule has 0 fully saturated rings. The van der Waals surface area contributed by atoms with Gasteiger partial charge in [-0.05, 0) is 29.0 Å². The van der Waals surface area contributed by atoms with E-state index in [9.17, 15) is 0 Å². The van der Waals surface area contributed by atoms with E-state index in [2.05, 4.69) is 45.0 Å². The van der Waals surface area contributed by atoms with E-state index < -0.39 is 0 Å². The Kier molecular flexibility index (Phi) is 2.56. The Bertz CT molecular complexity index is 376. The average Bonchev–Trinajstić information content (AvgIpc) is 2.56. The Morgan fingerprint density at radius 3 is 3.07 bits per heavy atom. The van der Waals surface area contributed by atoms with Gasteiger partial charge in [0, 0.05) is 22.8 Å². The molecule has 2 N–H and O–H groups in total. The van der Waals surface area contributed by atoms with Crippen molar-refractivity contribution in [1.82, 2.24) is 9.88 Å². The first kappa shape index (κ1) is 9.68. The lowest BCUT2D eigenvalue weighted by atomic mass is 10.1. The van der Waals surface area contributed by atoms with Gasteiger partial charge < -0.3 is 5.73 Å². The van der Waals surface area contributed by atoms with Crippen LogP contribution in [-0.4, -0.2) is 23.5 Å². The third kappa shape index (κ3) is 1.67. The molecule has 1 unspecified atom stereocenters. The lowest BCUT2D eigenvalue weighted by Crippen LogP contribution is -2.19. The minimum Gasteiger partial charge on any atom is -0.383 e. The molecule has 4 heteroatoms. The summed E-state index contributed by atoms with van der Waals surface area (Å²) in [5.41, 5.74) is 6.90. The molecule has 74 valence electrons. The van der Waals surface area contributed by atoms with Gasteiger partial charge in [-0.15, -0.1) is 0 Å². The maximum Gasteiger partial charge on any atom is 0.128 e. The van der Waals surface area contributed by atoms with E-state index in [0.717, 1.165) is 16.6 Å². The Morgan fingerprint density at radius 1 is 1.64 bits per heavy atom. The number of anilines is 1. The molecule has 1 aromatic rings. The van der Waals surface area contributed by atoms with Crippen LogP contribution in [0, 0.1) is 0 Å². The fraction of sp³-hybridized carbons (Fsp3) is 0.300. The van der Waals surface area contributed by atoms with E-state index in [-0.39, 0.29) is 6.04 Å². The number of nitrogens with two attached hydrogens (primary N) is 1. The number of rotatable bonds is 1. The first-order valence-corrected chi connectivity index (χ1v) is 5.25. The molecule has 0 amide bonds. The highest BCUT2D eigenvalue weighted by Crippen LogP contribution is 2.29. The zero-order valence-corrected chi connectivity index (χ0v) is 9.53. The summed E-state index contributed by atoms with van der Waals surface area (Å²) in [6.07, 6.45) is 6.02. The van der Waals surface area contributed by atoms with Gasteiger partial charge in [-0.25, -0.2) is 4.98 Å². The van der Waals surface area contributed by atoms with E-state index in [1.54, 1.807) is 6.20 Å². The largest absolute Gasteiger partial charge is 0.383 e. The first-order chi connectivity index (χ1) is 6.68. The summed E-state index contributed by atoms with van der Waals surface area (Å²) >= 11 is 3.40. The molecular formula is C10H12BrN3. The molecule has 2 rings (SSSR count). The number of aromatic nitrogens is 1. The number of nitrogen functional groups attached to an aromatic ring is 1.